The number of hydrogen-bond donors (Lipinski definition) is 1. The van der Waals surface area contributed by atoms with Gasteiger partial charge in [-0.2, -0.15) is 5.16 Å². The molecule has 0 bridgehead atoms. The highest BCUT2D eigenvalue weighted by molar-refractivity contribution is 5.76. The molecule has 1 aromatic carbocycles. The Hall–Kier alpha value is -2.34. The van der Waals surface area contributed by atoms with E-state index in [1.807, 2.05) is 4.90 Å². The van der Waals surface area contributed by atoms with Crippen LogP contribution in [0.2, 0.25) is 0 Å². The lowest BCUT2D eigenvalue weighted by atomic mass is 9.87. The first-order chi connectivity index (χ1) is 12.7. The summed E-state index contributed by atoms with van der Waals surface area (Å²) in [6.07, 6.45) is 4.34. The van der Waals surface area contributed by atoms with Crippen molar-refractivity contribution in [2.75, 3.05) is 26.2 Å². The minimum absolute atomic E-state index is 0.141. The summed E-state index contributed by atoms with van der Waals surface area (Å²) < 4.78 is 5.01. The summed E-state index contributed by atoms with van der Waals surface area (Å²) in [5.74, 6) is 0.686. The standard InChI is InChI=1S/C20H25N3O3/c24-19-14-18(26-21-19)7-8-20(25)23-11-9-22(10-12-23)17-6-5-15-3-1-2-4-16(15)13-17/h1-4,14,17H,5-13H2,(H,21,24)/t17-/m0/s1. The molecular formula is C20H25N3O3. The molecule has 138 valence electrons. The third-order valence-electron chi connectivity index (χ3n) is 5.66. The van der Waals surface area contributed by atoms with E-state index in [-0.39, 0.29) is 11.5 Å². The summed E-state index contributed by atoms with van der Waals surface area (Å²) in [7, 11) is 0. The molecule has 0 unspecified atom stereocenters. The maximum atomic E-state index is 12.4. The van der Waals surface area contributed by atoms with Crippen LogP contribution >= 0.6 is 0 Å². The molecule has 1 aliphatic heterocycles. The van der Waals surface area contributed by atoms with E-state index in [4.69, 9.17) is 4.52 Å². The molecule has 0 radical (unpaired) electrons. The van der Waals surface area contributed by atoms with Crippen LogP contribution in [0.3, 0.4) is 0 Å². The van der Waals surface area contributed by atoms with E-state index in [1.165, 1.54) is 23.6 Å². The fraction of sp³-hybridized carbons (Fsp3) is 0.500. The first-order valence-electron chi connectivity index (χ1n) is 9.45. The fourth-order valence-corrected chi connectivity index (χ4v) is 4.16. The number of aromatic nitrogens is 1. The SMILES string of the molecule is O=C(CCc1cc(=O)[nH]o1)N1CCN([C@H]2CCc3ccccc3C2)CC1. The normalized spacial score (nSPS) is 20.8. The Kier molecular flexibility index (Phi) is 4.93. The van der Waals surface area contributed by atoms with E-state index in [0.717, 1.165) is 39.0 Å². The Morgan fingerprint density at radius 2 is 1.92 bits per heavy atom. The molecular weight excluding hydrogens is 330 g/mol. The summed E-state index contributed by atoms with van der Waals surface area (Å²) >= 11 is 0. The Bertz CT molecular complexity index is 817. The van der Waals surface area contributed by atoms with Crippen molar-refractivity contribution in [2.45, 2.75) is 38.1 Å². The number of carbonyl (C=O) groups is 1. The molecule has 1 atom stereocenters. The van der Waals surface area contributed by atoms with Gasteiger partial charge in [-0.15, -0.1) is 0 Å². The fourth-order valence-electron chi connectivity index (χ4n) is 4.16. The van der Waals surface area contributed by atoms with Gasteiger partial charge in [-0.25, -0.2) is 0 Å². The van der Waals surface area contributed by atoms with Gasteiger partial charge in [0.25, 0.3) is 5.56 Å². The van der Waals surface area contributed by atoms with Gasteiger partial charge in [0.1, 0.15) is 5.76 Å². The van der Waals surface area contributed by atoms with Crippen LogP contribution in [0.25, 0.3) is 0 Å². The number of fused-ring (bicyclic) bond motifs is 1. The summed E-state index contributed by atoms with van der Waals surface area (Å²) in [6, 6.07) is 10.8. The maximum absolute atomic E-state index is 12.4. The van der Waals surface area contributed by atoms with Gasteiger partial charge in [0.2, 0.25) is 5.91 Å². The Labute approximate surface area is 152 Å². The van der Waals surface area contributed by atoms with Crippen LogP contribution in [0.5, 0.6) is 0 Å². The number of hydrogen-bond acceptors (Lipinski definition) is 4. The van der Waals surface area contributed by atoms with E-state index in [2.05, 4.69) is 34.3 Å². The largest absolute Gasteiger partial charge is 0.384 e. The summed E-state index contributed by atoms with van der Waals surface area (Å²) in [5.41, 5.74) is 2.72. The highest BCUT2D eigenvalue weighted by Crippen LogP contribution is 2.25. The van der Waals surface area contributed by atoms with Gasteiger partial charge >= 0.3 is 0 Å². The first kappa shape index (κ1) is 17.1. The summed E-state index contributed by atoms with van der Waals surface area (Å²) in [5, 5.41) is 2.26. The second-order valence-electron chi connectivity index (χ2n) is 7.26. The lowest BCUT2D eigenvalue weighted by Crippen LogP contribution is -2.53. The van der Waals surface area contributed by atoms with Crippen molar-refractivity contribution >= 4 is 5.91 Å². The Morgan fingerprint density at radius 1 is 1.15 bits per heavy atom. The van der Waals surface area contributed by atoms with E-state index < -0.39 is 0 Å². The number of aryl methyl sites for hydroxylation is 2. The van der Waals surface area contributed by atoms with Crippen molar-refractivity contribution in [3.63, 3.8) is 0 Å². The third kappa shape index (κ3) is 3.75. The number of rotatable bonds is 4. The second kappa shape index (κ2) is 7.50. The number of carbonyl (C=O) groups excluding carboxylic acids is 1. The van der Waals surface area contributed by atoms with Gasteiger partial charge in [-0.3, -0.25) is 14.5 Å². The van der Waals surface area contributed by atoms with Crippen molar-refractivity contribution in [1.29, 1.82) is 0 Å². The highest BCUT2D eigenvalue weighted by Gasteiger charge is 2.28. The van der Waals surface area contributed by atoms with Gasteiger partial charge in [0, 0.05) is 51.1 Å². The minimum atomic E-state index is -0.255. The molecule has 1 N–H and O–H groups in total. The molecule has 1 saturated heterocycles. The Morgan fingerprint density at radius 3 is 2.65 bits per heavy atom. The van der Waals surface area contributed by atoms with Crippen molar-refractivity contribution in [2.24, 2.45) is 0 Å². The number of H-pyrrole nitrogens is 1. The topological polar surface area (TPSA) is 69.5 Å². The summed E-state index contributed by atoms with van der Waals surface area (Å²) in [6.45, 7) is 3.46. The molecule has 0 spiro atoms. The second-order valence-corrected chi connectivity index (χ2v) is 7.26. The van der Waals surface area contributed by atoms with Gasteiger partial charge < -0.3 is 9.42 Å². The van der Waals surface area contributed by atoms with Crippen molar-refractivity contribution < 1.29 is 9.32 Å². The van der Waals surface area contributed by atoms with Crippen LogP contribution in [-0.4, -0.2) is 53.1 Å². The molecule has 6 nitrogen and oxygen atoms in total. The number of nitrogens with zero attached hydrogens (tertiary/aromatic N) is 2. The smallest absolute Gasteiger partial charge is 0.280 e. The molecule has 2 aromatic rings. The number of amides is 1. The molecule has 2 aliphatic rings. The molecule has 1 aromatic heterocycles. The predicted octanol–water partition coefficient (Wildman–Crippen LogP) is 1.60. The van der Waals surface area contributed by atoms with E-state index in [9.17, 15) is 9.59 Å². The zero-order chi connectivity index (χ0) is 17.9. The maximum Gasteiger partial charge on any atom is 0.280 e. The Balaban J connectivity index is 1.26. The lowest BCUT2D eigenvalue weighted by Gasteiger charge is -2.41. The summed E-state index contributed by atoms with van der Waals surface area (Å²) in [4.78, 5) is 27.9. The van der Waals surface area contributed by atoms with Gasteiger partial charge in [-0.05, 0) is 30.4 Å². The number of piperazine rings is 1. The molecule has 6 heteroatoms. The molecule has 2 heterocycles. The van der Waals surface area contributed by atoms with Crippen molar-refractivity contribution in [1.82, 2.24) is 15.0 Å². The van der Waals surface area contributed by atoms with Crippen LogP contribution < -0.4 is 5.56 Å². The molecule has 0 saturated carbocycles. The van der Waals surface area contributed by atoms with E-state index >= 15 is 0 Å². The van der Waals surface area contributed by atoms with Crippen LogP contribution in [0, 0.1) is 0 Å². The van der Waals surface area contributed by atoms with Gasteiger partial charge in [0.05, 0.1) is 0 Å². The number of benzene rings is 1. The molecule has 26 heavy (non-hydrogen) atoms. The van der Waals surface area contributed by atoms with Crippen molar-refractivity contribution in [3.05, 3.63) is 57.6 Å². The van der Waals surface area contributed by atoms with Crippen LogP contribution in [-0.2, 0) is 24.1 Å². The van der Waals surface area contributed by atoms with Crippen LogP contribution in [0.1, 0.15) is 29.7 Å². The number of nitrogens with one attached hydrogen (secondary N) is 1. The highest BCUT2D eigenvalue weighted by atomic mass is 16.5. The van der Waals surface area contributed by atoms with Crippen LogP contribution in [0.15, 0.2) is 39.6 Å². The minimum Gasteiger partial charge on any atom is -0.384 e. The van der Waals surface area contributed by atoms with E-state index in [1.54, 1.807) is 0 Å². The van der Waals surface area contributed by atoms with E-state index in [0.29, 0.717) is 24.6 Å². The molecule has 1 amide bonds. The molecule has 1 fully saturated rings. The van der Waals surface area contributed by atoms with Crippen molar-refractivity contribution in [3.8, 4) is 0 Å². The van der Waals surface area contributed by atoms with Gasteiger partial charge in [-0.1, -0.05) is 24.3 Å². The monoisotopic (exact) mass is 355 g/mol. The number of aromatic amines is 1. The third-order valence-corrected chi connectivity index (χ3v) is 5.66. The average Bonchev–Trinajstić information content (AvgIpc) is 3.11. The first-order valence-corrected chi connectivity index (χ1v) is 9.45. The van der Waals surface area contributed by atoms with Gasteiger partial charge in [0.15, 0.2) is 0 Å². The lowest BCUT2D eigenvalue weighted by molar-refractivity contribution is -0.133. The zero-order valence-corrected chi connectivity index (χ0v) is 14.9. The quantitative estimate of drug-likeness (QED) is 0.905. The average molecular weight is 355 g/mol. The molecule has 4 rings (SSSR count). The van der Waals surface area contributed by atoms with Crippen LogP contribution in [0.4, 0.5) is 0 Å². The zero-order valence-electron chi connectivity index (χ0n) is 14.9. The predicted molar refractivity (Wildman–Crippen MR) is 98.1 cm³/mol. The molecule has 1 aliphatic carbocycles.